The number of amides is 2. The van der Waals surface area contributed by atoms with E-state index in [0.29, 0.717) is 6.54 Å². The number of likely N-dealkylation sites (N-methyl/N-ethyl adjacent to an activating group) is 1. The van der Waals surface area contributed by atoms with Gasteiger partial charge < -0.3 is 10.6 Å². The fourth-order valence-corrected chi connectivity index (χ4v) is 1.90. The topological polar surface area (TPSA) is 58.2 Å². The molecule has 0 aromatic carbocycles. The molecule has 0 spiro atoms. The van der Waals surface area contributed by atoms with Crippen molar-refractivity contribution in [3.63, 3.8) is 0 Å². The van der Waals surface area contributed by atoms with E-state index in [2.05, 4.69) is 17.6 Å². The van der Waals surface area contributed by atoms with Crippen molar-refractivity contribution < 1.29 is 9.59 Å². The van der Waals surface area contributed by atoms with Gasteiger partial charge in [-0.2, -0.15) is 0 Å². The lowest BCUT2D eigenvalue weighted by Gasteiger charge is -2.26. The Bertz CT molecular complexity index is 233. The minimum Gasteiger partial charge on any atom is -0.348 e. The van der Waals surface area contributed by atoms with Crippen LogP contribution in [0.1, 0.15) is 39.5 Å². The molecule has 4 heteroatoms. The van der Waals surface area contributed by atoms with Crippen LogP contribution in [0.3, 0.4) is 0 Å². The number of nitrogens with one attached hydrogen (secondary N) is 2. The highest BCUT2D eigenvalue weighted by molar-refractivity contribution is 6.35. The number of rotatable bonds is 2. The number of hydrogen-bond donors (Lipinski definition) is 2. The maximum atomic E-state index is 11.4. The molecule has 0 radical (unpaired) electrons. The molecule has 1 aliphatic carbocycles. The first-order valence-corrected chi connectivity index (χ1v) is 5.72. The molecular weight excluding hydrogens is 192 g/mol. The lowest BCUT2D eigenvalue weighted by atomic mass is 9.87. The van der Waals surface area contributed by atoms with Crippen molar-refractivity contribution in [3.8, 4) is 0 Å². The van der Waals surface area contributed by atoms with E-state index in [1.807, 2.05) is 0 Å². The van der Waals surface area contributed by atoms with Crippen molar-refractivity contribution >= 4 is 11.8 Å². The van der Waals surface area contributed by atoms with Gasteiger partial charge in [0.05, 0.1) is 0 Å². The van der Waals surface area contributed by atoms with Crippen molar-refractivity contribution in [1.82, 2.24) is 10.6 Å². The predicted molar refractivity (Wildman–Crippen MR) is 58.2 cm³/mol. The fraction of sp³-hybridized carbons (Fsp3) is 0.818. The molecule has 1 rings (SSSR count). The van der Waals surface area contributed by atoms with Gasteiger partial charge in [-0.25, -0.2) is 0 Å². The lowest BCUT2D eigenvalue weighted by Crippen LogP contribution is -2.45. The third-order valence-corrected chi connectivity index (χ3v) is 2.89. The van der Waals surface area contributed by atoms with Gasteiger partial charge in [0.2, 0.25) is 0 Å². The summed E-state index contributed by atoms with van der Waals surface area (Å²) in [6, 6.07) is 0.191. The molecule has 2 amide bonds. The van der Waals surface area contributed by atoms with E-state index in [1.54, 1.807) is 6.92 Å². The van der Waals surface area contributed by atoms with Crippen LogP contribution >= 0.6 is 0 Å². The fourth-order valence-electron chi connectivity index (χ4n) is 1.90. The van der Waals surface area contributed by atoms with Gasteiger partial charge in [-0.05, 0) is 38.5 Å². The van der Waals surface area contributed by atoms with E-state index in [0.717, 1.165) is 31.6 Å². The first kappa shape index (κ1) is 12.0. The van der Waals surface area contributed by atoms with Gasteiger partial charge in [0.25, 0.3) is 0 Å². The van der Waals surface area contributed by atoms with Crippen LogP contribution in [0.4, 0.5) is 0 Å². The van der Waals surface area contributed by atoms with Crippen molar-refractivity contribution in [3.05, 3.63) is 0 Å². The highest BCUT2D eigenvalue weighted by atomic mass is 16.2. The average Bonchev–Trinajstić information content (AvgIpc) is 2.22. The molecule has 0 aromatic rings. The Kier molecular flexibility index (Phi) is 4.59. The maximum absolute atomic E-state index is 11.4. The second-order valence-corrected chi connectivity index (χ2v) is 4.29. The van der Waals surface area contributed by atoms with E-state index >= 15 is 0 Å². The monoisotopic (exact) mass is 212 g/mol. The van der Waals surface area contributed by atoms with Crippen molar-refractivity contribution in [2.45, 2.75) is 45.6 Å². The molecule has 4 nitrogen and oxygen atoms in total. The smallest absolute Gasteiger partial charge is 0.309 e. The Morgan fingerprint density at radius 1 is 1.13 bits per heavy atom. The predicted octanol–water partition coefficient (Wildman–Crippen LogP) is 0.817. The van der Waals surface area contributed by atoms with E-state index in [1.165, 1.54) is 0 Å². The van der Waals surface area contributed by atoms with Crippen molar-refractivity contribution in [1.29, 1.82) is 0 Å². The Labute approximate surface area is 90.8 Å². The van der Waals surface area contributed by atoms with Crippen molar-refractivity contribution in [2.75, 3.05) is 6.54 Å². The van der Waals surface area contributed by atoms with Crippen LogP contribution in [0.15, 0.2) is 0 Å². The van der Waals surface area contributed by atoms with E-state index in [-0.39, 0.29) is 6.04 Å². The second kappa shape index (κ2) is 5.73. The lowest BCUT2D eigenvalue weighted by molar-refractivity contribution is -0.139. The summed E-state index contributed by atoms with van der Waals surface area (Å²) >= 11 is 0. The van der Waals surface area contributed by atoms with Gasteiger partial charge in [0.15, 0.2) is 0 Å². The van der Waals surface area contributed by atoms with Crippen LogP contribution in [0.25, 0.3) is 0 Å². The summed E-state index contributed by atoms with van der Waals surface area (Å²) in [6.45, 7) is 4.52. The SMILES string of the molecule is CCNC(=O)C(=O)NC1CCC(C)CC1. The van der Waals surface area contributed by atoms with Crippen molar-refractivity contribution in [2.24, 2.45) is 5.92 Å². The van der Waals surface area contributed by atoms with Gasteiger partial charge in [-0.3, -0.25) is 9.59 Å². The minimum absolute atomic E-state index is 0.191. The van der Waals surface area contributed by atoms with Gasteiger partial charge in [-0.1, -0.05) is 6.92 Å². The summed E-state index contributed by atoms with van der Waals surface area (Å²) in [6.07, 6.45) is 4.26. The largest absolute Gasteiger partial charge is 0.348 e. The van der Waals surface area contributed by atoms with Gasteiger partial charge in [0.1, 0.15) is 0 Å². The third-order valence-electron chi connectivity index (χ3n) is 2.89. The second-order valence-electron chi connectivity index (χ2n) is 4.29. The van der Waals surface area contributed by atoms with Gasteiger partial charge >= 0.3 is 11.8 Å². The number of hydrogen-bond acceptors (Lipinski definition) is 2. The Balaban J connectivity index is 2.29. The zero-order chi connectivity index (χ0) is 11.3. The molecule has 0 atom stereocenters. The number of carbonyl (C=O) groups excluding carboxylic acids is 2. The summed E-state index contributed by atoms with van der Waals surface area (Å²) in [7, 11) is 0. The number of carbonyl (C=O) groups is 2. The molecule has 1 fully saturated rings. The van der Waals surface area contributed by atoms with E-state index < -0.39 is 11.8 Å². The molecule has 2 N–H and O–H groups in total. The molecule has 0 saturated heterocycles. The summed E-state index contributed by atoms with van der Waals surface area (Å²) in [5.41, 5.74) is 0. The normalized spacial score (nSPS) is 25.7. The maximum Gasteiger partial charge on any atom is 0.309 e. The summed E-state index contributed by atoms with van der Waals surface area (Å²) < 4.78 is 0. The Morgan fingerprint density at radius 3 is 2.27 bits per heavy atom. The minimum atomic E-state index is -0.517. The molecule has 1 saturated carbocycles. The third kappa shape index (κ3) is 3.90. The zero-order valence-electron chi connectivity index (χ0n) is 9.51. The highest BCUT2D eigenvalue weighted by Gasteiger charge is 2.22. The molecule has 0 aliphatic heterocycles. The molecular formula is C11H20N2O2. The standard InChI is InChI=1S/C11H20N2O2/c1-3-12-10(14)11(15)13-9-6-4-8(2)5-7-9/h8-9H,3-7H2,1-2H3,(H,12,14)(H,13,15). The zero-order valence-corrected chi connectivity index (χ0v) is 9.51. The summed E-state index contributed by atoms with van der Waals surface area (Å²) in [4.78, 5) is 22.5. The molecule has 0 bridgehead atoms. The van der Waals surface area contributed by atoms with Crippen LogP contribution in [0.2, 0.25) is 0 Å². The Morgan fingerprint density at radius 2 is 1.73 bits per heavy atom. The highest BCUT2D eigenvalue weighted by Crippen LogP contribution is 2.23. The first-order chi connectivity index (χ1) is 7.13. The molecule has 1 aliphatic rings. The van der Waals surface area contributed by atoms with E-state index in [9.17, 15) is 9.59 Å². The molecule has 86 valence electrons. The van der Waals surface area contributed by atoms with Crippen LogP contribution in [0.5, 0.6) is 0 Å². The Hall–Kier alpha value is -1.06. The summed E-state index contributed by atoms with van der Waals surface area (Å²) in [5, 5.41) is 5.27. The summed E-state index contributed by atoms with van der Waals surface area (Å²) in [5.74, 6) is -0.254. The molecule has 0 unspecified atom stereocenters. The van der Waals surface area contributed by atoms with Gasteiger partial charge in [0, 0.05) is 12.6 Å². The molecule has 15 heavy (non-hydrogen) atoms. The van der Waals surface area contributed by atoms with E-state index in [4.69, 9.17) is 0 Å². The molecule has 0 aromatic heterocycles. The van der Waals surface area contributed by atoms with Crippen LogP contribution < -0.4 is 10.6 Å². The van der Waals surface area contributed by atoms with Crippen LogP contribution in [-0.4, -0.2) is 24.4 Å². The van der Waals surface area contributed by atoms with Crippen LogP contribution in [0, 0.1) is 5.92 Å². The van der Waals surface area contributed by atoms with Crippen LogP contribution in [-0.2, 0) is 9.59 Å². The first-order valence-electron chi connectivity index (χ1n) is 5.72. The quantitative estimate of drug-likeness (QED) is 0.666. The average molecular weight is 212 g/mol. The molecule has 0 heterocycles. The van der Waals surface area contributed by atoms with Gasteiger partial charge in [-0.15, -0.1) is 0 Å².